The van der Waals surface area contributed by atoms with Crippen molar-refractivity contribution in [1.82, 2.24) is 5.32 Å². The van der Waals surface area contributed by atoms with Crippen LogP contribution in [0.4, 0.5) is 0 Å². The van der Waals surface area contributed by atoms with E-state index in [2.05, 4.69) is 12.2 Å². The Balaban J connectivity index is 1.78. The Labute approximate surface area is 111 Å². The Kier molecular flexibility index (Phi) is 5.48. The number of nitrogens with one attached hydrogen (secondary N) is 1. The lowest BCUT2D eigenvalue weighted by Crippen LogP contribution is -2.40. The van der Waals surface area contributed by atoms with E-state index < -0.39 is 0 Å². The molecule has 1 aliphatic heterocycles. The Hall–Kier alpha value is -0.570. The second kappa shape index (κ2) is 7.13. The predicted octanol–water partition coefficient (Wildman–Crippen LogP) is 3.03. The topological polar surface area (TPSA) is 38.3 Å². The molecule has 1 N–H and O–H groups in total. The first-order chi connectivity index (χ1) is 8.79. The fraction of sp³-hybridized carbons (Fsp3) is 0.933. The van der Waals surface area contributed by atoms with Gasteiger partial charge in [-0.2, -0.15) is 0 Å². The summed E-state index contributed by atoms with van der Waals surface area (Å²) in [5, 5.41) is 3.32. The van der Waals surface area contributed by atoms with Crippen LogP contribution in [0.1, 0.15) is 64.7 Å². The molecule has 1 heterocycles. The highest BCUT2D eigenvalue weighted by Gasteiger charge is 2.27. The Morgan fingerprint density at radius 1 is 1.17 bits per heavy atom. The summed E-state index contributed by atoms with van der Waals surface area (Å²) >= 11 is 0. The molecular formula is C15H27NO2. The Morgan fingerprint density at radius 2 is 2.06 bits per heavy atom. The minimum atomic E-state index is -0.0468. The third-order valence-electron chi connectivity index (χ3n) is 4.44. The summed E-state index contributed by atoms with van der Waals surface area (Å²) in [7, 11) is 0. The molecule has 3 atom stereocenters. The molecule has 2 aliphatic rings. The number of esters is 1. The molecular weight excluding hydrogens is 226 g/mol. The SMILES string of the molecule is CCC1CCCC(OC(=O)C2CCCCCN2)C1. The van der Waals surface area contributed by atoms with E-state index in [-0.39, 0.29) is 18.1 Å². The number of rotatable bonds is 3. The Morgan fingerprint density at radius 3 is 2.89 bits per heavy atom. The van der Waals surface area contributed by atoms with Gasteiger partial charge in [-0.1, -0.05) is 32.6 Å². The molecule has 0 aromatic rings. The molecule has 0 aromatic heterocycles. The number of ether oxygens (including phenoxy) is 1. The van der Waals surface area contributed by atoms with E-state index >= 15 is 0 Å². The van der Waals surface area contributed by atoms with E-state index in [9.17, 15) is 4.79 Å². The van der Waals surface area contributed by atoms with Crippen LogP contribution in [0.15, 0.2) is 0 Å². The van der Waals surface area contributed by atoms with Gasteiger partial charge in [0.1, 0.15) is 12.1 Å². The van der Waals surface area contributed by atoms with Gasteiger partial charge in [0.15, 0.2) is 0 Å². The molecule has 0 radical (unpaired) electrons. The van der Waals surface area contributed by atoms with E-state index in [1.807, 2.05) is 0 Å². The summed E-state index contributed by atoms with van der Waals surface area (Å²) in [5.74, 6) is 0.761. The number of carbonyl (C=O) groups is 1. The number of hydrogen-bond acceptors (Lipinski definition) is 3. The minimum Gasteiger partial charge on any atom is -0.461 e. The van der Waals surface area contributed by atoms with Crippen LogP contribution < -0.4 is 5.32 Å². The number of hydrogen-bond donors (Lipinski definition) is 1. The molecule has 1 aliphatic carbocycles. The van der Waals surface area contributed by atoms with Crippen LogP contribution in [-0.2, 0) is 9.53 Å². The van der Waals surface area contributed by atoms with E-state index in [4.69, 9.17) is 4.74 Å². The Bertz CT molecular complexity index is 259. The maximum Gasteiger partial charge on any atom is 0.323 e. The van der Waals surface area contributed by atoms with Crippen molar-refractivity contribution in [2.24, 2.45) is 5.92 Å². The van der Waals surface area contributed by atoms with Crippen LogP contribution in [0.3, 0.4) is 0 Å². The highest BCUT2D eigenvalue weighted by molar-refractivity contribution is 5.76. The first kappa shape index (κ1) is 13.9. The first-order valence-corrected chi connectivity index (χ1v) is 7.73. The van der Waals surface area contributed by atoms with Crippen LogP contribution in [0.25, 0.3) is 0 Å². The maximum atomic E-state index is 12.1. The van der Waals surface area contributed by atoms with Gasteiger partial charge in [-0.15, -0.1) is 0 Å². The van der Waals surface area contributed by atoms with E-state index in [0.717, 1.165) is 38.1 Å². The lowest BCUT2D eigenvalue weighted by Gasteiger charge is -2.29. The average molecular weight is 253 g/mol. The summed E-state index contributed by atoms with van der Waals surface area (Å²) in [6.07, 6.45) is 10.6. The van der Waals surface area contributed by atoms with Crippen molar-refractivity contribution in [3.8, 4) is 0 Å². The van der Waals surface area contributed by atoms with Crippen molar-refractivity contribution in [1.29, 1.82) is 0 Å². The van der Waals surface area contributed by atoms with Crippen molar-refractivity contribution in [2.75, 3.05) is 6.54 Å². The van der Waals surface area contributed by atoms with Crippen LogP contribution in [0.5, 0.6) is 0 Å². The standard InChI is InChI=1S/C15H27NO2/c1-2-12-7-6-8-13(11-12)18-15(17)14-9-4-3-5-10-16-14/h12-14,16H,2-11H2,1H3. The van der Waals surface area contributed by atoms with E-state index in [1.54, 1.807) is 0 Å². The highest BCUT2D eigenvalue weighted by Crippen LogP contribution is 2.28. The van der Waals surface area contributed by atoms with Crippen LogP contribution in [0.2, 0.25) is 0 Å². The molecule has 2 fully saturated rings. The van der Waals surface area contributed by atoms with E-state index in [0.29, 0.717) is 0 Å². The normalized spacial score (nSPS) is 33.7. The van der Waals surface area contributed by atoms with Crippen LogP contribution >= 0.6 is 0 Å². The molecule has 104 valence electrons. The molecule has 0 spiro atoms. The van der Waals surface area contributed by atoms with Gasteiger partial charge in [0.05, 0.1) is 0 Å². The largest absolute Gasteiger partial charge is 0.461 e. The van der Waals surface area contributed by atoms with Gasteiger partial charge >= 0.3 is 5.97 Å². The van der Waals surface area contributed by atoms with Gasteiger partial charge in [0.2, 0.25) is 0 Å². The lowest BCUT2D eigenvalue weighted by molar-refractivity contribution is -0.154. The molecule has 2 rings (SSSR count). The van der Waals surface area contributed by atoms with Crippen LogP contribution in [-0.4, -0.2) is 24.7 Å². The van der Waals surface area contributed by atoms with Crippen molar-refractivity contribution >= 4 is 5.97 Å². The summed E-state index contributed by atoms with van der Waals surface area (Å²) in [6.45, 7) is 3.20. The van der Waals surface area contributed by atoms with Gasteiger partial charge in [-0.3, -0.25) is 4.79 Å². The zero-order valence-corrected chi connectivity index (χ0v) is 11.6. The molecule has 0 amide bonds. The molecule has 0 bridgehead atoms. The van der Waals surface area contributed by atoms with Crippen molar-refractivity contribution in [3.63, 3.8) is 0 Å². The summed E-state index contributed by atoms with van der Waals surface area (Å²) in [5.41, 5.74) is 0. The summed E-state index contributed by atoms with van der Waals surface area (Å²) in [6, 6.07) is -0.0468. The van der Waals surface area contributed by atoms with Gasteiger partial charge in [0.25, 0.3) is 0 Å². The third-order valence-corrected chi connectivity index (χ3v) is 4.44. The molecule has 3 nitrogen and oxygen atoms in total. The van der Waals surface area contributed by atoms with Crippen LogP contribution in [0, 0.1) is 5.92 Å². The van der Waals surface area contributed by atoms with Crippen molar-refractivity contribution in [3.05, 3.63) is 0 Å². The fourth-order valence-corrected chi connectivity index (χ4v) is 3.20. The third kappa shape index (κ3) is 3.98. The second-order valence-electron chi connectivity index (χ2n) is 5.86. The lowest BCUT2D eigenvalue weighted by atomic mass is 9.85. The van der Waals surface area contributed by atoms with Crippen molar-refractivity contribution in [2.45, 2.75) is 76.9 Å². The molecule has 3 unspecified atom stereocenters. The number of carbonyl (C=O) groups excluding carboxylic acids is 1. The quantitative estimate of drug-likeness (QED) is 0.786. The zero-order chi connectivity index (χ0) is 12.8. The molecule has 0 aromatic carbocycles. The van der Waals surface area contributed by atoms with E-state index in [1.165, 1.54) is 32.1 Å². The molecule has 1 saturated heterocycles. The molecule has 18 heavy (non-hydrogen) atoms. The predicted molar refractivity (Wildman–Crippen MR) is 72.4 cm³/mol. The monoisotopic (exact) mass is 253 g/mol. The van der Waals surface area contributed by atoms with Gasteiger partial charge in [-0.25, -0.2) is 0 Å². The first-order valence-electron chi connectivity index (χ1n) is 7.73. The summed E-state index contributed by atoms with van der Waals surface area (Å²) < 4.78 is 5.72. The van der Waals surface area contributed by atoms with Gasteiger partial charge < -0.3 is 10.1 Å². The molecule has 1 saturated carbocycles. The fourth-order valence-electron chi connectivity index (χ4n) is 3.20. The molecule has 3 heteroatoms. The zero-order valence-electron chi connectivity index (χ0n) is 11.6. The minimum absolute atomic E-state index is 0.00125. The highest BCUT2D eigenvalue weighted by atomic mass is 16.5. The second-order valence-corrected chi connectivity index (χ2v) is 5.86. The maximum absolute atomic E-state index is 12.1. The summed E-state index contributed by atoms with van der Waals surface area (Å²) in [4.78, 5) is 12.1. The van der Waals surface area contributed by atoms with Gasteiger partial charge in [0, 0.05) is 0 Å². The van der Waals surface area contributed by atoms with Crippen molar-refractivity contribution < 1.29 is 9.53 Å². The average Bonchev–Trinajstić information content (AvgIpc) is 2.68. The smallest absolute Gasteiger partial charge is 0.323 e. The van der Waals surface area contributed by atoms with Gasteiger partial charge in [-0.05, 0) is 44.6 Å².